The van der Waals surface area contributed by atoms with E-state index in [1.165, 1.54) is 44.6 Å². The van der Waals surface area contributed by atoms with Crippen LogP contribution in [0.2, 0.25) is 10.0 Å². The molecule has 0 saturated carbocycles. The van der Waals surface area contributed by atoms with Gasteiger partial charge in [0.1, 0.15) is 6.54 Å². The summed E-state index contributed by atoms with van der Waals surface area (Å²) in [5.41, 5.74) is 0.977. The summed E-state index contributed by atoms with van der Waals surface area (Å²) in [5, 5.41) is 3.28. The van der Waals surface area contributed by atoms with Crippen LogP contribution >= 0.6 is 23.2 Å². The molecule has 1 amide bonds. The Balaban J connectivity index is 1.89. The Bertz CT molecular complexity index is 1270. The molecule has 0 unspecified atom stereocenters. The van der Waals surface area contributed by atoms with E-state index in [1.54, 1.807) is 43.3 Å². The van der Waals surface area contributed by atoms with Gasteiger partial charge in [0.2, 0.25) is 5.91 Å². The first-order valence-electron chi connectivity index (χ1n) is 10.2. The van der Waals surface area contributed by atoms with Crippen LogP contribution in [0.15, 0.2) is 71.6 Å². The van der Waals surface area contributed by atoms with E-state index in [4.69, 9.17) is 32.7 Å². The molecule has 3 aromatic carbocycles. The van der Waals surface area contributed by atoms with Gasteiger partial charge in [0.05, 0.1) is 40.9 Å². The van der Waals surface area contributed by atoms with Crippen LogP contribution < -0.4 is 19.1 Å². The number of amides is 1. The average molecular weight is 523 g/mol. The number of carbonyl (C=O) groups excluding carboxylic acids is 1. The maximum absolute atomic E-state index is 13.4. The molecule has 1 N–H and O–H groups in total. The molecular weight excluding hydrogens is 499 g/mol. The number of ether oxygens (including phenoxy) is 2. The number of nitrogens with zero attached hydrogens (tertiary/aromatic N) is 1. The first-order valence-corrected chi connectivity index (χ1v) is 12.4. The highest BCUT2D eigenvalue weighted by molar-refractivity contribution is 7.92. The molecular formula is C24H24Cl2N2O5S. The number of hydrogen-bond acceptors (Lipinski definition) is 5. The summed E-state index contributed by atoms with van der Waals surface area (Å²) in [6.45, 7) is 1.32. The third-order valence-corrected chi connectivity index (χ3v) is 7.62. The second-order valence-corrected chi connectivity index (χ2v) is 10.0. The van der Waals surface area contributed by atoms with Gasteiger partial charge < -0.3 is 14.8 Å². The normalized spacial score (nSPS) is 12.0. The van der Waals surface area contributed by atoms with Gasteiger partial charge in [0, 0.05) is 0 Å². The predicted molar refractivity (Wildman–Crippen MR) is 134 cm³/mol. The van der Waals surface area contributed by atoms with E-state index in [0.717, 1.165) is 9.87 Å². The van der Waals surface area contributed by atoms with Crippen LogP contribution in [-0.2, 0) is 14.8 Å². The molecule has 0 aliphatic heterocycles. The largest absolute Gasteiger partial charge is 0.493 e. The third-order valence-electron chi connectivity index (χ3n) is 5.09. The molecule has 0 radical (unpaired) electrons. The summed E-state index contributed by atoms with van der Waals surface area (Å²) < 4.78 is 38.4. The summed E-state index contributed by atoms with van der Waals surface area (Å²) in [5.74, 6) is 0.572. The molecule has 0 saturated heterocycles. The van der Waals surface area contributed by atoms with Gasteiger partial charge in [-0.2, -0.15) is 0 Å². The fourth-order valence-electron chi connectivity index (χ4n) is 3.30. The molecule has 3 rings (SSSR count). The first kappa shape index (κ1) is 25.7. The van der Waals surface area contributed by atoms with Crippen LogP contribution in [0.25, 0.3) is 0 Å². The zero-order valence-electron chi connectivity index (χ0n) is 18.8. The Morgan fingerprint density at radius 3 is 2.24 bits per heavy atom. The minimum absolute atomic E-state index is 0.0433. The van der Waals surface area contributed by atoms with E-state index in [0.29, 0.717) is 11.5 Å². The lowest BCUT2D eigenvalue weighted by Gasteiger charge is -2.25. The van der Waals surface area contributed by atoms with Gasteiger partial charge in [-0.1, -0.05) is 47.5 Å². The molecule has 0 bridgehead atoms. The molecule has 0 aliphatic carbocycles. The topological polar surface area (TPSA) is 84.9 Å². The smallest absolute Gasteiger partial charge is 0.264 e. The lowest BCUT2D eigenvalue weighted by atomic mass is 10.1. The molecule has 0 fully saturated rings. The highest BCUT2D eigenvalue weighted by Crippen LogP contribution is 2.31. The number of sulfonamides is 1. The van der Waals surface area contributed by atoms with Crippen LogP contribution in [0.3, 0.4) is 0 Å². The fourth-order valence-corrected chi connectivity index (χ4v) is 5.02. The first-order chi connectivity index (χ1) is 16.2. The Morgan fingerprint density at radius 1 is 0.941 bits per heavy atom. The van der Waals surface area contributed by atoms with Crippen molar-refractivity contribution >= 4 is 44.8 Å². The van der Waals surface area contributed by atoms with Crippen molar-refractivity contribution < 1.29 is 22.7 Å². The molecule has 0 aromatic heterocycles. The molecule has 180 valence electrons. The van der Waals surface area contributed by atoms with E-state index < -0.39 is 28.5 Å². The Labute approximate surface area is 209 Å². The summed E-state index contributed by atoms with van der Waals surface area (Å²) in [7, 11) is -1.01. The lowest BCUT2D eigenvalue weighted by molar-refractivity contribution is -0.120. The number of carbonyl (C=O) groups is 1. The molecule has 34 heavy (non-hydrogen) atoms. The van der Waals surface area contributed by atoms with Crippen LogP contribution in [-0.4, -0.2) is 35.1 Å². The van der Waals surface area contributed by atoms with Crippen LogP contribution in [0.5, 0.6) is 11.5 Å². The minimum atomic E-state index is -4.06. The average Bonchev–Trinajstić information content (AvgIpc) is 2.84. The minimum Gasteiger partial charge on any atom is -0.493 e. The van der Waals surface area contributed by atoms with Gasteiger partial charge in [-0.3, -0.25) is 9.10 Å². The Kier molecular flexibility index (Phi) is 8.30. The van der Waals surface area contributed by atoms with E-state index in [2.05, 4.69) is 5.32 Å². The molecule has 7 nitrogen and oxygen atoms in total. The van der Waals surface area contributed by atoms with Crippen molar-refractivity contribution in [3.8, 4) is 11.5 Å². The van der Waals surface area contributed by atoms with Crippen molar-refractivity contribution in [1.82, 2.24) is 5.32 Å². The summed E-state index contributed by atoms with van der Waals surface area (Å²) in [6.07, 6.45) is 0. The van der Waals surface area contributed by atoms with E-state index in [-0.39, 0.29) is 20.6 Å². The number of anilines is 1. The van der Waals surface area contributed by atoms with E-state index in [1.807, 2.05) is 0 Å². The van der Waals surface area contributed by atoms with E-state index in [9.17, 15) is 13.2 Å². The highest BCUT2D eigenvalue weighted by Gasteiger charge is 2.28. The second kappa shape index (κ2) is 11.0. The van der Waals surface area contributed by atoms with Crippen molar-refractivity contribution in [2.75, 3.05) is 25.1 Å². The van der Waals surface area contributed by atoms with Gasteiger partial charge in [-0.25, -0.2) is 8.42 Å². The zero-order valence-corrected chi connectivity index (χ0v) is 21.1. The number of nitrogens with one attached hydrogen (secondary N) is 1. The maximum Gasteiger partial charge on any atom is 0.264 e. The second-order valence-electron chi connectivity index (χ2n) is 7.33. The fraction of sp³-hybridized carbons (Fsp3) is 0.208. The van der Waals surface area contributed by atoms with Crippen molar-refractivity contribution in [3.63, 3.8) is 0 Å². The number of halogens is 2. The number of methoxy groups -OCH3 is 2. The number of benzene rings is 3. The monoisotopic (exact) mass is 522 g/mol. The SMILES string of the molecule is COc1ccc([C@H](C)NC(=O)CN(c2ccc(Cl)c(Cl)c2)S(=O)(=O)c2ccccc2)cc1OC. The highest BCUT2D eigenvalue weighted by atomic mass is 35.5. The van der Waals surface area contributed by atoms with Gasteiger partial charge in [-0.05, 0) is 55.0 Å². The molecule has 0 heterocycles. The standard InChI is InChI=1S/C24H24Cl2N2O5S/c1-16(17-9-12-22(32-2)23(13-17)33-3)27-24(29)15-28(18-10-11-20(25)21(26)14-18)34(30,31)19-7-5-4-6-8-19/h4-14,16H,15H2,1-3H3,(H,27,29)/t16-/m0/s1. The van der Waals surface area contributed by atoms with Crippen molar-refractivity contribution in [2.24, 2.45) is 0 Å². The lowest BCUT2D eigenvalue weighted by Crippen LogP contribution is -2.41. The van der Waals surface area contributed by atoms with Crippen molar-refractivity contribution in [2.45, 2.75) is 17.9 Å². The predicted octanol–water partition coefficient (Wildman–Crippen LogP) is 5.08. The summed E-state index contributed by atoms with van der Waals surface area (Å²) >= 11 is 12.1. The molecule has 0 aliphatic rings. The van der Waals surface area contributed by atoms with Crippen molar-refractivity contribution in [1.29, 1.82) is 0 Å². The maximum atomic E-state index is 13.4. The van der Waals surface area contributed by atoms with Crippen LogP contribution in [0, 0.1) is 0 Å². The number of hydrogen-bond donors (Lipinski definition) is 1. The van der Waals surface area contributed by atoms with Crippen molar-refractivity contribution in [3.05, 3.63) is 82.3 Å². The van der Waals surface area contributed by atoms with E-state index >= 15 is 0 Å². The molecule has 0 spiro atoms. The van der Waals surface area contributed by atoms with Gasteiger partial charge in [0.25, 0.3) is 10.0 Å². The zero-order chi connectivity index (χ0) is 24.9. The van der Waals surface area contributed by atoms with Gasteiger partial charge >= 0.3 is 0 Å². The summed E-state index contributed by atoms with van der Waals surface area (Å²) in [6, 6.07) is 17.1. The van der Waals surface area contributed by atoms with Gasteiger partial charge in [-0.15, -0.1) is 0 Å². The molecule has 1 atom stereocenters. The van der Waals surface area contributed by atoms with Gasteiger partial charge in [0.15, 0.2) is 11.5 Å². The molecule has 10 heteroatoms. The van der Waals surface area contributed by atoms with Crippen LogP contribution in [0.1, 0.15) is 18.5 Å². The Hall–Kier alpha value is -2.94. The quantitative estimate of drug-likeness (QED) is 0.423. The molecule has 3 aromatic rings. The number of rotatable bonds is 9. The third kappa shape index (κ3) is 5.75. The summed E-state index contributed by atoms with van der Waals surface area (Å²) in [4.78, 5) is 13.0. The van der Waals surface area contributed by atoms with Crippen LogP contribution in [0.4, 0.5) is 5.69 Å². The Morgan fingerprint density at radius 2 is 1.62 bits per heavy atom.